The number of para-hydroxylation sites is 2. The maximum Gasteiger partial charge on any atom is 0.129 e. The number of ether oxygens (including phenoxy) is 1. The van der Waals surface area contributed by atoms with Crippen molar-refractivity contribution in [2.75, 3.05) is 11.9 Å². The third-order valence-electron chi connectivity index (χ3n) is 3.85. The smallest absolute Gasteiger partial charge is 0.129 e. The first-order chi connectivity index (χ1) is 11.4. The van der Waals surface area contributed by atoms with E-state index >= 15 is 0 Å². The summed E-state index contributed by atoms with van der Waals surface area (Å²) in [4.78, 5) is 9.58. The first-order valence-corrected chi connectivity index (χ1v) is 8.76. The van der Waals surface area contributed by atoms with Crippen molar-refractivity contribution in [2.24, 2.45) is 0 Å². The molecule has 3 nitrogen and oxygen atoms in total. The molecule has 0 N–H and O–H groups in total. The number of rotatable bonds is 4. The van der Waals surface area contributed by atoms with E-state index in [-0.39, 0.29) is 0 Å². The van der Waals surface area contributed by atoms with Crippen molar-refractivity contribution in [3.05, 3.63) is 54.6 Å². The molecular formula is C19H15BrN2O. The molecule has 1 aromatic heterocycles. The van der Waals surface area contributed by atoms with Gasteiger partial charge in [-0.3, -0.25) is 0 Å². The van der Waals surface area contributed by atoms with Gasteiger partial charge in [-0.2, -0.15) is 0 Å². The molecule has 0 spiro atoms. The summed E-state index contributed by atoms with van der Waals surface area (Å²) in [7, 11) is 0. The van der Waals surface area contributed by atoms with Crippen LogP contribution in [0.4, 0.5) is 0 Å². The molecule has 3 aromatic carbocycles. The Balaban J connectivity index is 1.99. The molecule has 0 unspecified atom stereocenters. The molecule has 0 fully saturated rings. The summed E-state index contributed by atoms with van der Waals surface area (Å²) < 4.78 is 5.98. The summed E-state index contributed by atoms with van der Waals surface area (Å²) in [5.41, 5.74) is 3.61. The molecule has 0 amide bonds. The van der Waals surface area contributed by atoms with Crippen LogP contribution >= 0.6 is 15.9 Å². The van der Waals surface area contributed by atoms with Crippen molar-refractivity contribution in [1.82, 2.24) is 9.97 Å². The minimum Gasteiger partial charge on any atom is -0.493 e. The summed E-state index contributed by atoms with van der Waals surface area (Å²) >= 11 is 3.44. The number of hydrogen-bond acceptors (Lipinski definition) is 3. The SMILES string of the molecule is BrCCCOc1cc2nc3ccccc3nc2c2ccccc12. The number of benzene rings is 3. The molecule has 114 valence electrons. The van der Waals surface area contributed by atoms with E-state index in [1.54, 1.807) is 0 Å². The summed E-state index contributed by atoms with van der Waals surface area (Å²) in [6.07, 6.45) is 0.968. The summed E-state index contributed by atoms with van der Waals surface area (Å²) in [6.45, 7) is 0.682. The molecule has 0 aliphatic heterocycles. The average Bonchev–Trinajstić information content (AvgIpc) is 2.60. The van der Waals surface area contributed by atoms with Crippen LogP contribution in [-0.4, -0.2) is 21.9 Å². The van der Waals surface area contributed by atoms with Crippen LogP contribution in [-0.2, 0) is 0 Å². The standard InChI is InChI=1S/C19H15BrN2O/c20-10-5-11-23-18-12-17-19(14-7-2-1-6-13(14)18)22-16-9-4-3-8-15(16)21-17/h1-4,6-9,12H,5,10-11H2. The third kappa shape index (κ3) is 2.63. The van der Waals surface area contributed by atoms with E-state index in [1.807, 2.05) is 42.5 Å². The molecule has 4 rings (SSSR count). The van der Waals surface area contributed by atoms with Crippen LogP contribution in [0, 0.1) is 0 Å². The van der Waals surface area contributed by atoms with E-state index in [1.165, 1.54) is 0 Å². The van der Waals surface area contributed by atoms with Gasteiger partial charge in [0, 0.05) is 22.2 Å². The zero-order valence-corrected chi connectivity index (χ0v) is 14.1. The van der Waals surface area contributed by atoms with Gasteiger partial charge in [0.2, 0.25) is 0 Å². The highest BCUT2D eigenvalue weighted by Crippen LogP contribution is 2.32. The summed E-state index contributed by atoms with van der Waals surface area (Å²) in [5.74, 6) is 0.874. The number of halogens is 1. The van der Waals surface area contributed by atoms with Crippen molar-refractivity contribution < 1.29 is 4.74 Å². The first kappa shape index (κ1) is 14.4. The quantitative estimate of drug-likeness (QED) is 0.218. The molecule has 0 aliphatic rings. The summed E-state index contributed by atoms with van der Waals surface area (Å²) in [5, 5.41) is 3.10. The fraction of sp³-hybridized carbons (Fsp3) is 0.158. The van der Waals surface area contributed by atoms with Gasteiger partial charge in [0.15, 0.2) is 0 Å². The monoisotopic (exact) mass is 366 g/mol. The Morgan fingerprint density at radius 1 is 0.826 bits per heavy atom. The van der Waals surface area contributed by atoms with Crippen LogP contribution in [0.3, 0.4) is 0 Å². The lowest BCUT2D eigenvalue weighted by Gasteiger charge is -2.11. The molecule has 23 heavy (non-hydrogen) atoms. The second-order valence-corrected chi connectivity index (χ2v) is 6.18. The molecule has 0 bridgehead atoms. The molecule has 1 heterocycles. The highest BCUT2D eigenvalue weighted by atomic mass is 79.9. The van der Waals surface area contributed by atoms with Crippen LogP contribution in [0.25, 0.3) is 32.8 Å². The van der Waals surface area contributed by atoms with Gasteiger partial charge >= 0.3 is 0 Å². The van der Waals surface area contributed by atoms with E-state index < -0.39 is 0 Å². The van der Waals surface area contributed by atoms with Gasteiger partial charge in [0.1, 0.15) is 5.75 Å². The zero-order valence-electron chi connectivity index (χ0n) is 12.5. The normalized spacial score (nSPS) is 11.3. The predicted octanol–water partition coefficient (Wildman–Crippen LogP) is 5.10. The Morgan fingerprint density at radius 2 is 1.52 bits per heavy atom. The van der Waals surface area contributed by atoms with Crippen LogP contribution in [0.15, 0.2) is 54.6 Å². The second-order valence-electron chi connectivity index (χ2n) is 5.39. The van der Waals surface area contributed by atoms with Crippen molar-refractivity contribution >= 4 is 48.8 Å². The molecule has 0 radical (unpaired) electrons. The average molecular weight is 367 g/mol. The third-order valence-corrected chi connectivity index (χ3v) is 4.41. The lowest BCUT2D eigenvalue weighted by Crippen LogP contribution is -1.99. The van der Waals surface area contributed by atoms with E-state index in [2.05, 4.69) is 28.1 Å². The Morgan fingerprint density at radius 3 is 2.30 bits per heavy atom. The molecule has 0 saturated heterocycles. The van der Waals surface area contributed by atoms with Gasteiger partial charge in [-0.05, 0) is 18.6 Å². The van der Waals surface area contributed by atoms with Crippen molar-refractivity contribution in [3.63, 3.8) is 0 Å². The maximum atomic E-state index is 5.98. The zero-order chi connectivity index (χ0) is 15.6. The largest absolute Gasteiger partial charge is 0.493 e. The number of nitrogens with zero attached hydrogens (tertiary/aromatic N) is 2. The van der Waals surface area contributed by atoms with Crippen molar-refractivity contribution in [3.8, 4) is 5.75 Å². The number of hydrogen-bond donors (Lipinski definition) is 0. The number of aromatic nitrogens is 2. The fourth-order valence-electron chi connectivity index (χ4n) is 2.78. The van der Waals surface area contributed by atoms with Gasteiger partial charge < -0.3 is 4.74 Å². The van der Waals surface area contributed by atoms with Crippen LogP contribution in [0.2, 0.25) is 0 Å². The number of alkyl halides is 1. The van der Waals surface area contributed by atoms with Crippen LogP contribution < -0.4 is 4.74 Å². The molecule has 4 aromatic rings. The topological polar surface area (TPSA) is 35.0 Å². The Kier molecular flexibility index (Phi) is 3.83. The van der Waals surface area contributed by atoms with Crippen molar-refractivity contribution in [1.29, 1.82) is 0 Å². The lowest BCUT2D eigenvalue weighted by atomic mass is 10.1. The fourth-order valence-corrected chi connectivity index (χ4v) is 3.00. The van der Waals surface area contributed by atoms with Gasteiger partial charge in [0.25, 0.3) is 0 Å². The Hall–Kier alpha value is -2.20. The van der Waals surface area contributed by atoms with Gasteiger partial charge in [-0.1, -0.05) is 52.3 Å². The lowest BCUT2D eigenvalue weighted by molar-refractivity contribution is 0.323. The second kappa shape index (κ2) is 6.13. The Bertz CT molecular complexity index is 1000. The Labute approximate surface area is 142 Å². The first-order valence-electron chi connectivity index (χ1n) is 7.64. The van der Waals surface area contributed by atoms with E-state index in [0.29, 0.717) is 6.61 Å². The van der Waals surface area contributed by atoms with Crippen molar-refractivity contribution in [2.45, 2.75) is 6.42 Å². The van der Waals surface area contributed by atoms with Gasteiger partial charge in [0.05, 0.1) is 28.7 Å². The summed E-state index contributed by atoms with van der Waals surface area (Å²) in [6, 6.07) is 18.2. The van der Waals surface area contributed by atoms with E-state index in [4.69, 9.17) is 14.7 Å². The highest BCUT2D eigenvalue weighted by Gasteiger charge is 2.10. The van der Waals surface area contributed by atoms with Crippen LogP contribution in [0.1, 0.15) is 6.42 Å². The van der Waals surface area contributed by atoms with Crippen LogP contribution in [0.5, 0.6) is 5.75 Å². The molecule has 4 heteroatoms. The van der Waals surface area contributed by atoms with Gasteiger partial charge in [-0.25, -0.2) is 9.97 Å². The highest BCUT2D eigenvalue weighted by molar-refractivity contribution is 9.09. The minimum atomic E-state index is 0.682. The maximum absolute atomic E-state index is 5.98. The minimum absolute atomic E-state index is 0.682. The van der Waals surface area contributed by atoms with E-state index in [0.717, 1.165) is 50.3 Å². The number of fused-ring (bicyclic) bond motifs is 4. The molecule has 0 saturated carbocycles. The predicted molar refractivity (Wildman–Crippen MR) is 98.5 cm³/mol. The molecular weight excluding hydrogens is 352 g/mol. The molecule has 0 aliphatic carbocycles. The molecule has 0 atom stereocenters. The van der Waals surface area contributed by atoms with E-state index in [9.17, 15) is 0 Å². The van der Waals surface area contributed by atoms with Gasteiger partial charge in [-0.15, -0.1) is 0 Å².